The highest BCUT2D eigenvalue weighted by Gasteiger charge is 2.27. The lowest BCUT2D eigenvalue weighted by Crippen LogP contribution is -2.42. The van der Waals surface area contributed by atoms with E-state index in [1.165, 1.54) is 5.56 Å². The smallest absolute Gasteiger partial charge is 0.227 e. The lowest BCUT2D eigenvalue weighted by Gasteiger charge is -2.29. The van der Waals surface area contributed by atoms with Gasteiger partial charge in [0.25, 0.3) is 0 Å². The predicted molar refractivity (Wildman–Crippen MR) is 87.9 cm³/mol. The highest BCUT2D eigenvalue weighted by molar-refractivity contribution is 5.79. The van der Waals surface area contributed by atoms with Gasteiger partial charge in [0.2, 0.25) is 5.91 Å². The van der Waals surface area contributed by atoms with E-state index in [4.69, 9.17) is 4.74 Å². The lowest BCUT2D eigenvalue weighted by atomic mass is 10.1. The Morgan fingerprint density at radius 2 is 2.09 bits per heavy atom. The molecule has 0 aliphatic carbocycles. The first kappa shape index (κ1) is 15.7. The van der Waals surface area contributed by atoms with E-state index in [-0.39, 0.29) is 11.9 Å². The molecule has 5 heteroatoms. The van der Waals surface area contributed by atoms with Crippen molar-refractivity contribution in [3.8, 4) is 0 Å². The number of aromatic nitrogens is 2. The number of hydrogen-bond donors (Lipinski definition) is 0. The van der Waals surface area contributed by atoms with Crippen molar-refractivity contribution in [1.82, 2.24) is 14.7 Å². The first-order valence-corrected chi connectivity index (χ1v) is 8.02. The van der Waals surface area contributed by atoms with E-state index in [1.807, 2.05) is 39.9 Å². The Morgan fingerprint density at radius 1 is 1.30 bits per heavy atom. The molecule has 122 valence electrons. The molecule has 0 saturated carbocycles. The molecular weight excluding hydrogens is 290 g/mol. The second kappa shape index (κ2) is 6.96. The minimum atomic E-state index is 0.0969. The van der Waals surface area contributed by atoms with E-state index < -0.39 is 0 Å². The fraction of sp³-hybridized carbons (Fsp3) is 0.444. The van der Waals surface area contributed by atoms with Crippen LogP contribution in [-0.2, 0) is 29.0 Å². The van der Waals surface area contributed by atoms with Crippen molar-refractivity contribution >= 4 is 5.91 Å². The van der Waals surface area contributed by atoms with E-state index in [1.54, 1.807) is 13.3 Å². The number of amides is 1. The van der Waals surface area contributed by atoms with Crippen LogP contribution in [0.15, 0.2) is 36.5 Å². The van der Waals surface area contributed by atoms with Gasteiger partial charge in [-0.25, -0.2) is 0 Å². The van der Waals surface area contributed by atoms with Crippen molar-refractivity contribution in [1.29, 1.82) is 0 Å². The monoisotopic (exact) mass is 313 g/mol. The molecule has 1 atom stereocenters. The molecule has 3 rings (SSSR count). The quantitative estimate of drug-likeness (QED) is 0.869. The summed E-state index contributed by atoms with van der Waals surface area (Å²) in [6, 6.07) is 10.2. The zero-order valence-corrected chi connectivity index (χ0v) is 13.7. The van der Waals surface area contributed by atoms with Crippen molar-refractivity contribution in [2.24, 2.45) is 0 Å². The number of rotatable bonds is 4. The van der Waals surface area contributed by atoms with Crippen LogP contribution in [0.3, 0.4) is 0 Å². The number of carbonyl (C=O) groups excluding carboxylic acids is 1. The summed E-state index contributed by atoms with van der Waals surface area (Å²) in [6.07, 6.45) is 3.09. The highest BCUT2D eigenvalue weighted by Crippen LogP contribution is 2.19. The van der Waals surface area contributed by atoms with Gasteiger partial charge in [-0.3, -0.25) is 9.48 Å². The fourth-order valence-electron chi connectivity index (χ4n) is 3.07. The largest absolute Gasteiger partial charge is 0.383 e. The number of ether oxygens (including phenoxy) is 1. The standard InChI is InChI=1S/C18H23N3O2/c1-14-3-5-15(6-4-14)11-18(22)20-12-16-7-9-19-21(16)10-8-17(20)13-23-2/h3-7,9,17H,8,10-13H2,1-2H3. The maximum Gasteiger partial charge on any atom is 0.227 e. The number of methoxy groups -OCH3 is 1. The summed E-state index contributed by atoms with van der Waals surface area (Å²) in [7, 11) is 1.69. The predicted octanol–water partition coefficient (Wildman–Crippen LogP) is 2.18. The molecule has 2 heterocycles. The van der Waals surface area contributed by atoms with Crippen LogP contribution in [0.25, 0.3) is 0 Å². The Kier molecular flexibility index (Phi) is 4.76. The van der Waals surface area contributed by atoms with Crippen LogP contribution in [-0.4, -0.2) is 40.3 Å². The van der Waals surface area contributed by atoms with Crippen LogP contribution in [0, 0.1) is 6.92 Å². The van der Waals surface area contributed by atoms with Crippen molar-refractivity contribution in [2.45, 2.75) is 38.9 Å². The Bertz CT molecular complexity index is 663. The molecule has 1 aromatic heterocycles. The Labute approximate surface area is 136 Å². The van der Waals surface area contributed by atoms with Gasteiger partial charge in [0, 0.05) is 19.9 Å². The molecule has 1 aliphatic heterocycles. The summed E-state index contributed by atoms with van der Waals surface area (Å²) in [5.41, 5.74) is 3.34. The van der Waals surface area contributed by atoms with Gasteiger partial charge in [-0.2, -0.15) is 5.10 Å². The van der Waals surface area contributed by atoms with Crippen LogP contribution < -0.4 is 0 Å². The van der Waals surface area contributed by atoms with Gasteiger partial charge in [-0.05, 0) is 25.0 Å². The average molecular weight is 313 g/mol. The number of fused-ring (bicyclic) bond motifs is 1. The SMILES string of the molecule is COCC1CCn2nccc2CN1C(=O)Cc1ccc(C)cc1. The molecule has 0 bridgehead atoms. The van der Waals surface area contributed by atoms with Crippen molar-refractivity contribution in [3.05, 3.63) is 53.3 Å². The van der Waals surface area contributed by atoms with E-state index in [2.05, 4.69) is 12.0 Å². The average Bonchev–Trinajstić information content (AvgIpc) is 2.92. The summed E-state index contributed by atoms with van der Waals surface area (Å²) in [4.78, 5) is 14.8. The van der Waals surface area contributed by atoms with Gasteiger partial charge in [-0.1, -0.05) is 29.8 Å². The molecule has 0 fully saturated rings. The van der Waals surface area contributed by atoms with Crippen LogP contribution in [0.1, 0.15) is 23.2 Å². The van der Waals surface area contributed by atoms with E-state index in [9.17, 15) is 4.79 Å². The van der Waals surface area contributed by atoms with Crippen LogP contribution in [0.2, 0.25) is 0 Å². The molecule has 0 N–H and O–H groups in total. The second-order valence-electron chi connectivity index (χ2n) is 6.13. The number of nitrogens with zero attached hydrogens (tertiary/aromatic N) is 3. The third-order valence-electron chi connectivity index (χ3n) is 4.41. The molecule has 1 aliphatic rings. The normalized spacial score (nSPS) is 17.7. The lowest BCUT2D eigenvalue weighted by molar-refractivity contribution is -0.134. The summed E-state index contributed by atoms with van der Waals surface area (Å²) < 4.78 is 7.32. The maximum absolute atomic E-state index is 12.9. The number of hydrogen-bond acceptors (Lipinski definition) is 3. The third-order valence-corrected chi connectivity index (χ3v) is 4.41. The molecule has 2 aromatic rings. The minimum absolute atomic E-state index is 0.0969. The van der Waals surface area contributed by atoms with Gasteiger partial charge in [-0.15, -0.1) is 0 Å². The molecule has 0 saturated heterocycles. The summed E-state index contributed by atoms with van der Waals surface area (Å²) in [5.74, 6) is 0.144. The van der Waals surface area contributed by atoms with E-state index in [0.717, 1.165) is 24.2 Å². The minimum Gasteiger partial charge on any atom is -0.383 e. The topological polar surface area (TPSA) is 47.4 Å². The van der Waals surface area contributed by atoms with Gasteiger partial charge in [0.1, 0.15) is 0 Å². The molecule has 1 amide bonds. The van der Waals surface area contributed by atoms with Crippen LogP contribution in [0.4, 0.5) is 0 Å². The van der Waals surface area contributed by atoms with E-state index >= 15 is 0 Å². The van der Waals surface area contributed by atoms with Crippen LogP contribution in [0.5, 0.6) is 0 Å². The molecule has 0 spiro atoms. The molecule has 1 unspecified atom stereocenters. The zero-order chi connectivity index (χ0) is 16.2. The Hall–Kier alpha value is -2.14. The first-order chi connectivity index (χ1) is 11.2. The summed E-state index contributed by atoms with van der Waals surface area (Å²) >= 11 is 0. The third kappa shape index (κ3) is 3.62. The Morgan fingerprint density at radius 3 is 2.83 bits per heavy atom. The summed E-state index contributed by atoms with van der Waals surface area (Å²) in [6.45, 7) is 4.03. The van der Waals surface area contributed by atoms with Gasteiger partial charge < -0.3 is 9.64 Å². The number of benzene rings is 1. The summed E-state index contributed by atoms with van der Waals surface area (Å²) in [5, 5.41) is 4.34. The van der Waals surface area contributed by atoms with E-state index in [0.29, 0.717) is 19.6 Å². The molecule has 0 radical (unpaired) electrons. The highest BCUT2D eigenvalue weighted by atomic mass is 16.5. The second-order valence-corrected chi connectivity index (χ2v) is 6.13. The van der Waals surface area contributed by atoms with Gasteiger partial charge in [0.15, 0.2) is 0 Å². The van der Waals surface area contributed by atoms with Crippen molar-refractivity contribution < 1.29 is 9.53 Å². The van der Waals surface area contributed by atoms with Crippen LogP contribution >= 0.6 is 0 Å². The van der Waals surface area contributed by atoms with Crippen molar-refractivity contribution in [2.75, 3.05) is 13.7 Å². The van der Waals surface area contributed by atoms with Gasteiger partial charge >= 0.3 is 0 Å². The molecule has 23 heavy (non-hydrogen) atoms. The first-order valence-electron chi connectivity index (χ1n) is 8.02. The zero-order valence-electron chi connectivity index (χ0n) is 13.7. The molecular formula is C18H23N3O2. The van der Waals surface area contributed by atoms with Gasteiger partial charge in [0.05, 0.1) is 31.3 Å². The van der Waals surface area contributed by atoms with Crippen molar-refractivity contribution in [3.63, 3.8) is 0 Å². The number of carbonyl (C=O) groups is 1. The Balaban J connectivity index is 1.78. The molecule has 1 aromatic carbocycles. The number of aryl methyl sites for hydroxylation is 2. The fourth-order valence-corrected chi connectivity index (χ4v) is 3.07. The maximum atomic E-state index is 12.9. The molecule has 5 nitrogen and oxygen atoms in total.